The van der Waals surface area contributed by atoms with Crippen molar-refractivity contribution >= 4 is 11.0 Å². The highest BCUT2D eigenvalue weighted by atomic mass is 16.7. The third kappa shape index (κ3) is 4.47. The molecular formula is C24H26O13. The van der Waals surface area contributed by atoms with E-state index in [1.165, 1.54) is 39.5 Å². The number of aliphatic hydroxyl groups excluding tert-OH is 4. The molecule has 3 aromatic rings. The summed E-state index contributed by atoms with van der Waals surface area (Å²) < 4.78 is 32.7. The molecule has 0 bridgehead atoms. The fourth-order valence-corrected chi connectivity index (χ4v) is 4.05. The molecule has 6 N–H and O–H groups in total. The molecule has 200 valence electrons. The summed E-state index contributed by atoms with van der Waals surface area (Å²) in [6.07, 6.45) is -7.92. The average molecular weight is 522 g/mol. The van der Waals surface area contributed by atoms with Crippen LogP contribution in [-0.2, 0) is 4.74 Å². The van der Waals surface area contributed by atoms with Crippen LogP contribution in [-0.4, -0.2) is 89.3 Å². The predicted molar refractivity (Wildman–Crippen MR) is 125 cm³/mol. The van der Waals surface area contributed by atoms with Gasteiger partial charge in [0.2, 0.25) is 23.2 Å². The highest BCUT2D eigenvalue weighted by Gasteiger charge is 2.45. The van der Waals surface area contributed by atoms with E-state index < -0.39 is 48.5 Å². The van der Waals surface area contributed by atoms with Gasteiger partial charge in [0.15, 0.2) is 28.6 Å². The molecule has 0 aliphatic carbocycles. The van der Waals surface area contributed by atoms with Crippen LogP contribution in [0.3, 0.4) is 0 Å². The monoisotopic (exact) mass is 522 g/mol. The largest absolute Gasteiger partial charge is 0.507 e. The first-order valence-electron chi connectivity index (χ1n) is 11.0. The molecule has 1 saturated heterocycles. The number of methoxy groups -OCH3 is 3. The van der Waals surface area contributed by atoms with E-state index in [1.807, 2.05) is 0 Å². The topological polar surface area (TPSA) is 198 Å². The second-order valence-corrected chi connectivity index (χ2v) is 8.13. The van der Waals surface area contributed by atoms with E-state index in [-0.39, 0.29) is 51.0 Å². The maximum absolute atomic E-state index is 13.3. The van der Waals surface area contributed by atoms with Gasteiger partial charge in [-0.15, -0.1) is 0 Å². The molecule has 0 radical (unpaired) electrons. The van der Waals surface area contributed by atoms with Crippen LogP contribution in [0.2, 0.25) is 0 Å². The molecule has 2 heterocycles. The van der Waals surface area contributed by atoms with Crippen LogP contribution in [0.1, 0.15) is 0 Å². The van der Waals surface area contributed by atoms with E-state index in [2.05, 4.69) is 0 Å². The van der Waals surface area contributed by atoms with Crippen LogP contribution in [0, 0.1) is 0 Å². The Bertz CT molecular complexity index is 1350. The molecule has 5 unspecified atom stereocenters. The second-order valence-electron chi connectivity index (χ2n) is 8.13. The van der Waals surface area contributed by atoms with Crippen LogP contribution in [0.25, 0.3) is 22.3 Å². The molecular weight excluding hydrogens is 496 g/mol. The molecule has 1 aliphatic rings. The molecule has 1 aliphatic heterocycles. The summed E-state index contributed by atoms with van der Waals surface area (Å²) in [6, 6.07) is 5.20. The lowest BCUT2D eigenvalue weighted by atomic mass is 9.99. The number of hydrogen-bond acceptors (Lipinski definition) is 13. The van der Waals surface area contributed by atoms with E-state index in [0.29, 0.717) is 0 Å². The third-order valence-corrected chi connectivity index (χ3v) is 5.97. The maximum atomic E-state index is 13.3. The maximum Gasteiger partial charge on any atom is 0.239 e. The van der Waals surface area contributed by atoms with E-state index in [4.69, 9.17) is 28.1 Å². The zero-order valence-electron chi connectivity index (χ0n) is 19.9. The van der Waals surface area contributed by atoms with Crippen molar-refractivity contribution in [3.05, 3.63) is 34.5 Å². The zero-order valence-corrected chi connectivity index (χ0v) is 19.9. The van der Waals surface area contributed by atoms with Crippen LogP contribution >= 0.6 is 0 Å². The van der Waals surface area contributed by atoms with E-state index >= 15 is 0 Å². The summed E-state index contributed by atoms with van der Waals surface area (Å²) in [7, 11) is 3.82. The molecule has 0 saturated carbocycles. The number of phenolic OH excluding ortho intramolecular Hbond substituents is 2. The Labute approximate surface area is 209 Å². The van der Waals surface area contributed by atoms with E-state index in [9.17, 15) is 35.4 Å². The summed E-state index contributed by atoms with van der Waals surface area (Å²) in [5.74, 6) is -1.41. The van der Waals surface area contributed by atoms with Gasteiger partial charge >= 0.3 is 0 Å². The van der Waals surface area contributed by atoms with E-state index in [0.717, 1.165) is 6.07 Å². The van der Waals surface area contributed by atoms with Crippen molar-refractivity contribution in [1.82, 2.24) is 0 Å². The van der Waals surface area contributed by atoms with Gasteiger partial charge in [0, 0.05) is 11.6 Å². The van der Waals surface area contributed by atoms with Crippen LogP contribution in [0.4, 0.5) is 0 Å². The third-order valence-electron chi connectivity index (χ3n) is 5.97. The molecule has 0 spiro atoms. The smallest absolute Gasteiger partial charge is 0.239 e. The number of hydrogen-bond donors (Lipinski definition) is 6. The SMILES string of the molecule is COc1cc(-c2oc3c(OC)c(OC4OC(CO)C(O)C(O)C4O)cc(O)c3c(=O)c2OC)ccc1O. The van der Waals surface area contributed by atoms with Gasteiger partial charge in [0.25, 0.3) is 0 Å². The van der Waals surface area contributed by atoms with Gasteiger partial charge in [-0.2, -0.15) is 0 Å². The lowest BCUT2D eigenvalue weighted by Crippen LogP contribution is -2.60. The quantitative estimate of drug-likeness (QED) is 0.244. The Morgan fingerprint density at radius 3 is 2.19 bits per heavy atom. The standard InChI is InChI=1S/C24H26O13/c1-32-12-6-9(4-5-10(12)26)20-23(34-3)17(29)15-11(27)7-13(21(33-2)22(15)37-20)35-24-19(31)18(30)16(28)14(8-25)36-24/h4-7,14,16,18-19,24-28,30-31H,8H2,1-3H3. The predicted octanol–water partition coefficient (Wildman–Crippen LogP) is 0.0757. The number of rotatable bonds is 7. The highest BCUT2D eigenvalue weighted by molar-refractivity contribution is 5.93. The van der Waals surface area contributed by atoms with Crippen LogP contribution in [0.15, 0.2) is 33.5 Å². The van der Waals surface area contributed by atoms with Gasteiger partial charge in [0.1, 0.15) is 35.6 Å². The first kappa shape index (κ1) is 26.3. The molecule has 1 fully saturated rings. The first-order chi connectivity index (χ1) is 17.7. The molecule has 0 amide bonds. The van der Waals surface area contributed by atoms with Crippen LogP contribution in [0.5, 0.6) is 34.5 Å². The molecule has 1 aromatic heterocycles. The van der Waals surface area contributed by atoms with Gasteiger partial charge in [-0.05, 0) is 18.2 Å². The summed E-state index contributed by atoms with van der Waals surface area (Å²) in [4.78, 5) is 13.3. The first-order valence-corrected chi connectivity index (χ1v) is 11.0. The Morgan fingerprint density at radius 2 is 1.57 bits per heavy atom. The molecule has 5 atom stereocenters. The van der Waals surface area contributed by atoms with E-state index in [1.54, 1.807) is 0 Å². The zero-order chi connectivity index (χ0) is 27.0. The Kier molecular flexibility index (Phi) is 7.34. The normalized spacial score (nSPS) is 23.6. The molecule has 13 heteroatoms. The van der Waals surface area contributed by atoms with Gasteiger partial charge in [-0.1, -0.05) is 0 Å². The Morgan fingerprint density at radius 1 is 0.865 bits per heavy atom. The Hall–Kier alpha value is -3.75. The number of phenols is 2. The van der Waals surface area contributed by atoms with Crippen molar-refractivity contribution in [3.63, 3.8) is 0 Å². The molecule has 37 heavy (non-hydrogen) atoms. The summed E-state index contributed by atoms with van der Waals surface area (Å²) in [5, 5.41) is 60.2. The van der Waals surface area contributed by atoms with Crippen molar-refractivity contribution < 1.29 is 58.7 Å². The number of aliphatic hydroxyl groups is 4. The van der Waals surface area contributed by atoms with Gasteiger partial charge < -0.3 is 58.7 Å². The lowest BCUT2D eigenvalue weighted by molar-refractivity contribution is -0.277. The van der Waals surface area contributed by atoms with Gasteiger partial charge in [0.05, 0.1) is 27.9 Å². The summed E-state index contributed by atoms with van der Waals surface area (Å²) >= 11 is 0. The molecule has 13 nitrogen and oxygen atoms in total. The second kappa shape index (κ2) is 10.3. The highest BCUT2D eigenvalue weighted by Crippen LogP contribution is 2.45. The fraction of sp³-hybridized carbons (Fsp3) is 0.375. The number of benzene rings is 2. The molecule has 4 rings (SSSR count). The fourth-order valence-electron chi connectivity index (χ4n) is 4.05. The number of ether oxygens (including phenoxy) is 5. The minimum Gasteiger partial charge on any atom is -0.507 e. The summed E-state index contributed by atoms with van der Waals surface area (Å²) in [5.41, 5.74) is -0.719. The molecule has 2 aromatic carbocycles. The van der Waals surface area contributed by atoms with Crippen molar-refractivity contribution in [1.29, 1.82) is 0 Å². The minimum atomic E-state index is -1.75. The van der Waals surface area contributed by atoms with Crippen molar-refractivity contribution in [2.24, 2.45) is 0 Å². The van der Waals surface area contributed by atoms with Crippen molar-refractivity contribution in [3.8, 4) is 45.8 Å². The number of aromatic hydroxyl groups is 2. The van der Waals surface area contributed by atoms with Crippen molar-refractivity contribution in [2.45, 2.75) is 30.7 Å². The summed E-state index contributed by atoms with van der Waals surface area (Å²) in [6.45, 7) is -0.682. The lowest BCUT2D eigenvalue weighted by Gasteiger charge is -2.39. The average Bonchev–Trinajstić information content (AvgIpc) is 2.89. The van der Waals surface area contributed by atoms with Crippen molar-refractivity contribution in [2.75, 3.05) is 27.9 Å². The van der Waals surface area contributed by atoms with Gasteiger partial charge in [-0.3, -0.25) is 4.79 Å². The number of fused-ring (bicyclic) bond motifs is 1. The van der Waals surface area contributed by atoms with Gasteiger partial charge in [-0.25, -0.2) is 0 Å². The van der Waals surface area contributed by atoms with Crippen LogP contribution < -0.4 is 24.4 Å². The minimum absolute atomic E-state index is 0.0824. The Balaban J connectivity index is 1.89.